The van der Waals surface area contributed by atoms with Crippen molar-refractivity contribution in [2.24, 2.45) is 11.8 Å². The number of carbonyl (C=O) groups is 4. The Kier molecular flexibility index (Phi) is 10.3. The number of aliphatic hydroxyl groups is 1. The van der Waals surface area contributed by atoms with E-state index in [-0.39, 0.29) is 36.9 Å². The highest BCUT2D eigenvalue weighted by atomic mass is 16.6. The monoisotopic (exact) mass is 573 g/mol. The first-order valence-corrected chi connectivity index (χ1v) is 15.3. The maximum atomic E-state index is 14.5. The molecule has 10 heteroatoms. The third-order valence-corrected chi connectivity index (χ3v) is 9.42. The highest BCUT2D eigenvalue weighted by Crippen LogP contribution is 2.59. The van der Waals surface area contributed by atoms with E-state index in [9.17, 15) is 24.3 Å². The highest BCUT2D eigenvalue weighted by molar-refractivity contribution is 5.98. The van der Waals surface area contributed by atoms with Crippen LogP contribution in [0.15, 0.2) is 25.3 Å². The SMILES string of the molecule is C=CCCC(=O)NC[C@@H](C)OC(=O)[C@@H]1[C@H]2C(=O)N([C@@H](CC)CO)[C@H](C(=O)N(CC=C)C3CCCCC3)[C@]23CC[C@H]1O3. The molecule has 3 aliphatic heterocycles. The molecule has 0 aromatic carbocycles. The molecule has 228 valence electrons. The number of aliphatic hydroxyl groups excluding tert-OH is 1. The van der Waals surface area contributed by atoms with Crippen molar-refractivity contribution in [1.82, 2.24) is 15.1 Å². The van der Waals surface area contributed by atoms with E-state index in [1.807, 2.05) is 11.8 Å². The minimum Gasteiger partial charge on any atom is -0.460 e. The van der Waals surface area contributed by atoms with Crippen LogP contribution in [0.5, 0.6) is 0 Å². The predicted octanol–water partition coefficient (Wildman–Crippen LogP) is 2.49. The van der Waals surface area contributed by atoms with Gasteiger partial charge in [-0.15, -0.1) is 13.2 Å². The number of amides is 3. The van der Waals surface area contributed by atoms with Gasteiger partial charge in [-0.1, -0.05) is 38.3 Å². The van der Waals surface area contributed by atoms with Gasteiger partial charge in [-0.25, -0.2) is 0 Å². The summed E-state index contributed by atoms with van der Waals surface area (Å²) in [6, 6.07) is -1.45. The standard InChI is InChI=1S/C31H47N3O7/c1-5-8-14-24(36)32-18-20(4)40-30(39)25-23-15-16-31(41-23)26(25)28(37)34(21(7-3)19-35)27(31)29(38)33(17-6-2)22-12-10-9-11-13-22/h5-6,20-23,25-27,35H,1-2,7-19H2,3-4H3,(H,32,36)/t20-,21+,23-,25+,26+,27-,31+/m1/s1. The van der Waals surface area contributed by atoms with Crippen LogP contribution in [-0.2, 0) is 28.7 Å². The summed E-state index contributed by atoms with van der Waals surface area (Å²) in [4.78, 5) is 57.6. The van der Waals surface area contributed by atoms with Crippen LogP contribution in [0.4, 0.5) is 0 Å². The minimum atomic E-state index is -1.15. The largest absolute Gasteiger partial charge is 0.460 e. The molecule has 3 saturated heterocycles. The number of nitrogens with zero attached hydrogens (tertiary/aromatic N) is 2. The summed E-state index contributed by atoms with van der Waals surface area (Å²) in [5.74, 6) is -2.95. The summed E-state index contributed by atoms with van der Waals surface area (Å²) in [7, 11) is 0. The number of allylic oxidation sites excluding steroid dienone is 1. The van der Waals surface area contributed by atoms with Gasteiger partial charge in [0.25, 0.3) is 0 Å². The lowest BCUT2D eigenvalue weighted by molar-refractivity contribution is -0.160. The lowest BCUT2D eigenvalue weighted by atomic mass is 9.70. The van der Waals surface area contributed by atoms with Gasteiger partial charge in [-0.05, 0) is 45.4 Å². The summed E-state index contributed by atoms with van der Waals surface area (Å²) < 4.78 is 12.3. The number of hydrogen-bond donors (Lipinski definition) is 2. The molecule has 4 aliphatic rings. The molecule has 4 rings (SSSR count). The lowest BCUT2D eigenvalue weighted by Gasteiger charge is -2.42. The van der Waals surface area contributed by atoms with Gasteiger partial charge < -0.3 is 29.7 Å². The summed E-state index contributed by atoms with van der Waals surface area (Å²) in [5, 5.41) is 13.0. The normalized spacial score (nSPS) is 30.4. The Morgan fingerprint density at radius 1 is 1.22 bits per heavy atom. The van der Waals surface area contributed by atoms with Gasteiger partial charge in [-0.2, -0.15) is 0 Å². The predicted molar refractivity (Wildman–Crippen MR) is 152 cm³/mol. The lowest BCUT2D eigenvalue weighted by Crippen LogP contribution is -2.60. The average Bonchev–Trinajstić information content (AvgIpc) is 3.62. The van der Waals surface area contributed by atoms with Crippen molar-refractivity contribution in [3.05, 3.63) is 25.3 Å². The van der Waals surface area contributed by atoms with Gasteiger partial charge in [0, 0.05) is 19.0 Å². The first-order chi connectivity index (χ1) is 19.7. The van der Waals surface area contributed by atoms with Crippen LogP contribution in [-0.4, -0.2) is 94.2 Å². The van der Waals surface area contributed by atoms with Crippen molar-refractivity contribution in [2.75, 3.05) is 19.7 Å². The Balaban J connectivity index is 1.59. The fourth-order valence-corrected chi connectivity index (χ4v) is 7.45. The number of carbonyl (C=O) groups excluding carboxylic acids is 4. The molecule has 0 unspecified atom stereocenters. The third kappa shape index (κ3) is 5.95. The van der Waals surface area contributed by atoms with Gasteiger partial charge in [0.1, 0.15) is 17.7 Å². The van der Waals surface area contributed by atoms with E-state index < -0.39 is 47.7 Å². The van der Waals surface area contributed by atoms with Crippen LogP contribution in [0.2, 0.25) is 0 Å². The van der Waals surface area contributed by atoms with Crippen molar-refractivity contribution in [3.63, 3.8) is 0 Å². The second-order valence-electron chi connectivity index (χ2n) is 12.0. The van der Waals surface area contributed by atoms with Crippen molar-refractivity contribution in [3.8, 4) is 0 Å². The molecule has 3 heterocycles. The molecular weight excluding hydrogens is 526 g/mol. The summed E-state index contributed by atoms with van der Waals surface area (Å²) in [6.45, 7) is 11.3. The number of esters is 1. The number of nitrogens with one attached hydrogen (secondary N) is 1. The van der Waals surface area contributed by atoms with Crippen LogP contribution in [0.1, 0.15) is 78.1 Å². The van der Waals surface area contributed by atoms with Gasteiger partial charge in [0.15, 0.2) is 0 Å². The molecule has 0 radical (unpaired) electrons. The fourth-order valence-electron chi connectivity index (χ4n) is 7.45. The molecule has 1 spiro atoms. The van der Waals surface area contributed by atoms with Crippen LogP contribution in [0, 0.1) is 11.8 Å². The number of likely N-dealkylation sites (tertiary alicyclic amines) is 1. The van der Waals surface area contributed by atoms with Crippen molar-refractivity contribution in [1.29, 1.82) is 0 Å². The molecule has 7 atom stereocenters. The van der Waals surface area contributed by atoms with Crippen LogP contribution in [0.25, 0.3) is 0 Å². The quantitative estimate of drug-likeness (QED) is 0.242. The first kappa shape index (κ1) is 31.2. The molecule has 2 bridgehead atoms. The molecule has 3 amide bonds. The Morgan fingerprint density at radius 2 is 1.95 bits per heavy atom. The van der Waals surface area contributed by atoms with Crippen molar-refractivity contribution < 1.29 is 33.8 Å². The summed E-state index contributed by atoms with van der Waals surface area (Å²) in [6.07, 6.45) is 9.61. The number of hydrogen-bond acceptors (Lipinski definition) is 7. The zero-order chi connectivity index (χ0) is 29.7. The molecule has 41 heavy (non-hydrogen) atoms. The average molecular weight is 574 g/mol. The first-order valence-electron chi connectivity index (χ1n) is 15.3. The summed E-state index contributed by atoms with van der Waals surface area (Å²) in [5.41, 5.74) is -1.15. The van der Waals surface area contributed by atoms with Gasteiger partial charge in [-0.3, -0.25) is 19.2 Å². The van der Waals surface area contributed by atoms with Gasteiger partial charge in [0.2, 0.25) is 17.7 Å². The van der Waals surface area contributed by atoms with Crippen molar-refractivity contribution in [2.45, 2.75) is 114 Å². The van der Waals surface area contributed by atoms with E-state index in [1.54, 1.807) is 19.1 Å². The molecule has 0 aromatic heterocycles. The van der Waals surface area contributed by atoms with Crippen LogP contribution >= 0.6 is 0 Å². The molecular formula is C31H47N3O7. The fraction of sp³-hybridized carbons (Fsp3) is 0.742. The maximum absolute atomic E-state index is 14.5. The zero-order valence-corrected chi connectivity index (χ0v) is 24.6. The van der Waals surface area contributed by atoms with E-state index in [0.717, 1.165) is 32.1 Å². The second-order valence-corrected chi connectivity index (χ2v) is 12.0. The number of rotatable bonds is 14. The molecule has 1 aliphatic carbocycles. The molecule has 10 nitrogen and oxygen atoms in total. The minimum absolute atomic E-state index is 0.0535. The zero-order valence-electron chi connectivity index (χ0n) is 24.6. The molecule has 1 saturated carbocycles. The van der Waals surface area contributed by atoms with Gasteiger partial charge >= 0.3 is 5.97 Å². The molecule has 4 fully saturated rings. The molecule has 0 aromatic rings. The highest BCUT2D eigenvalue weighted by Gasteiger charge is 2.75. The van der Waals surface area contributed by atoms with Crippen LogP contribution < -0.4 is 5.32 Å². The van der Waals surface area contributed by atoms with E-state index in [2.05, 4.69) is 18.5 Å². The Hall–Kier alpha value is -2.72. The Labute approximate surface area is 243 Å². The smallest absolute Gasteiger partial charge is 0.312 e. The van der Waals surface area contributed by atoms with E-state index >= 15 is 0 Å². The van der Waals surface area contributed by atoms with E-state index in [4.69, 9.17) is 9.47 Å². The second kappa shape index (κ2) is 13.5. The van der Waals surface area contributed by atoms with Crippen LogP contribution in [0.3, 0.4) is 0 Å². The Bertz CT molecular complexity index is 1010. The van der Waals surface area contributed by atoms with Gasteiger partial charge in [0.05, 0.1) is 37.1 Å². The summed E-state index contributed by atoms with van der Waals surface area (Å²) >= 11 is 0. The molecule has 2 N–H and O–H groups in total. The topological polar surface area (TPSA) is 125 Å². The van der Waals surface area contributed by atoms with E-state index in [0.29, 0.717) is 38.6 Å². The van der Waals surface area contributed by atoms with E-state index in [1.165, 1.54) is 4.90 Å². The Morgan fingerprint density at radius 3 is 2.59 bits per heavy atom. The third-order valence-electron chi connectivity index (χ3n) is 9.42. The maximum Gasteiger partial charge on any atom is 0.312 e. The number of fused-ring (bicyclic) bond motifs is 1. The number of ether oxygens (including phenoxy) is 2. The van der Waals surface area contributed by atoms with Crippen molar-refractivity contribution >= 4 is 23.7 Å².